The van der Waals surface area contributed by atoms with Gasteiger partial charge in [0.15, 0.2) is 0 Å². The maximum absolute atomic E-state index is 5.93. The Labute approximate surface area is 102 Å². The standard InChI is InChI=1S/C13H22N2S/c1-15(9-8-13-3-2-10-16-13)12-6-4-11(14)5-7-12/h2-3,10-12H,4-9,14H2,1H3. The highest BCUT2D eigenvalue weighted by atomic mass is 32.1. The SMILES string of the molecule is CN(CCc1cccs1)C1CCC(N)CC1. The van der Waals surface area contributed by atoms with E-state index < -0.39 is 0 Å². The van der Waals surface area contributed by atoms with Gasteiger partial charge < -0.3 is 10.6 Å². The highest BCUT2D eigenvalue weighted by Gasteiger charge is 2.21. The topological polar surface area (TPSA) is 29.3 Å². The molecule has 1 heterocycles. The molecule has 0 aliphatic heterocycles. The average Bonchev–Trinajstić information content (AvgIpc) is 2.80. The molecule has 2 N–H and O–H groups in total. The Bertz CT molecular complexity index is 289. The van der Waals surface area contributed by atoms with Crippen LogP contribution < -0.4 is 5.73 Å². The van der Waals surface area contributed by atoms with Crippen LogP contribution >= 0.6 is 11.3 Å². The molecule has 0 bridgehead atoms. The average molecular weight is 238 g/mol. The Hall–Kier alpha value is -0.380. The molecule has 1 aromatic rings. The molecule has 0 saturated heterocycles. The molecule has 0 aromatic carbocycles. The van der Waals surface area contributed by atoms with Gasteiger partial charge in [-0.3, -0.25) is 0 Å². The van der Waals surface area contributed by atoms with Crippen molar-refractivity contribution in [3.63, 3.8) is 0 Å². The van der Waals surface area contributed by atoms with Crippen molar-refractivity contribution in [1.29, 1.82) is 0 Å². The summed E-state index contributed by atoms with van der Waals surface area (Å²) < 4.78 is 0. The van der Waals surface area contributed by atoms with Crippen molar-refractivity contribution in [3.05, 3.63) is 22.4 Å². The summed E-state index contributed by atoms with van der Waals surface area (Å²) in [5.74, 6) is 0. The summed E-state index contributed by atoms with van der Waals surface area (Å²) >= 11 is 1.87. The largest absolute Gasteiger partial charge is 0.328 e. The fourth-order valence-electron chi connectivity index (χ4n) is 2.47. The van der Waals surface area contributed by atoms with Crippen LogP contribution in [0.3, 0.4) is 0 Å². The van der Waals surface area contributed by atoms with Crippen molar-refractivity contribution < 1.29 is 0 Å². The van der Waals surface area contributed by atoms with Crippen LogP contribution in [0.2, 0.25) is 0 Å². The lowest BCUT2D eigenvalue weighted by Crippen LogP contribution is -2.39. The van der Waals surface area contributed by atoms with Crippen molar-refractivity contribution in [2.75, 3.05) is 13.6 Å². The molecular formula is C13H22N2S. The van der Waals surface area contributed by atoms with Crippen LogP contribution in [0.15, 0.2) is 17.5 Å². The predicted octanol–water partition coefficient (Wildman–Crippen LogP) is 2.49. The number of likely N-dealkylation sites (N-methyl/N-ethyl adjacent to an activating group) is 1. The van der Waals surface area contributed by atoms with E-state index in [1.807, 2.05) is 11.3 Å². The highest BCUT2D eigenvalue weighted by molar-refractivity contribution is 7.09. The van der Waals surface area contributed by atoms with Gasteiger partial charge in [-0.15, -0.1) is 11.3 Å². The van der Waals surface area contributed by atoms with Gasteiger partial charge in [0, 0.05) is 23.5 Å². The lowest BCUT2D eigenvalue weighted by Gasteiger charge is -2.33. The van der Waals surface area contributed by atoms with Gasteiger partial charge in [-0.05, 0) is 50.6 Å². The summed E-state index contributed by atoms with van der Waals surface area (Å²) in [6.45, 7) is 1.18. The van der Waals surface area contributed by atoms with Crippen LogP contribution in [-0.4, -0.2) is 30.6 Å². The van der Waals surface area contributed by atoms with Crippen LogP contribution in [0, 0.1) is 0 Å². The zero-order valence-electron chi connectivity index (χ0n) is 10.1. The van der Waals surface area contributed by atoms with Gasteiger partial charge in [0.2, 0.25) is 0 Å². The Kier molecular flexibility index (Phi) is 4.38. The minimum atomic E-state index is 0.460. The molecule has 90 valence electrons. The molecule has 1 aliphatic rings. The fourth-order valence-corrected chi connectivity index (χ4v) is 3.16. The third kappa shape index (κ3) is 3.30. The van der Waals surface area contributed by atoms with Gasteiger partial charge in [-0.1, -0.05) is 6.07 Å². The molecule has 0 unspecified atom stereocenters. The molecule has 1 fully saturated rings. The quantitative estimate of drug-likeness (QED) is 0.873. The molecular weight excluding hydrogens is 216 g/mol. The molecule has 0 spiro atoms. The molecule has 1 saturated carbocycles. The van der Waals surface area contributed by atoms with Gasteiger partial charge in [-0.25, -0.2) is 0 Å². The van der Waals surface area contributed by atoms with Crippen molar-refractivity contribution in [3.8, 4) is 0 Å². The maximum Gasteiger partial charge on any atom is 0.00935 e. The first kappa shape index (κ1) is 12.1. The number of nitrogens with zero attached hydrogens (tertiary/aromatic N) is 1. The second kappa shape index (κ2) is 5.80. The third-order valence-electron chi connectivity index (χ3n) is 3.66. The van der Waals surface area contributed by atoms with E-state index in [9.17, 15) is 0 Å². The third-order valence-corrected chi connectivity index (χ3v) is 4.59. The Morgan fingerprint density at radius 2 is 2.12 bits per heavy atom. The second-order valence-corrected chi connectivity index (χ2v) is 5.91. The zero-order valence-corrected chi connectivity index (χ0v) is 10.9. The number of hydrogen-bond donors (Lipinski definition) is 1. The van der Waals surface area contributed by atoms with Crippen molar-refractivity contribution in [2.24, 2.45) is 5.73 Å². The fraction of sp³-hybridized carbons (Fsp3) is 0.692. The highest BCUT2D eigenvalue weighted by Crippen LogP contribution is 2.21. The van der Waals surface area contributed by atoms with E-state index in [0.717, 1.165) is 6.04 Å². The molecule has 16 heavy (non-hydrogen) atoms. The van der Waals surface area contributed by atoms with Crippen LogP contribution in [0.25, 0.3) is 0 Å². The number of hydrogen-bond acceptors (Lipinski definition) is 3. The molecule has 0 atom stereocenters. The Morgan fingerprint density at radius 3 is 2.75 bits per heavy atom. The summed E-state index contributed by atoms with van der Waals surface area (Å²) in [4.78, 5) is 4.02. The minimum absolute atomic E-state index is 0.460. The number of nitrogens with two attached hydrogens (primary N) is 1. The summed E-state index contributed by atoms with van der Waals surface area (Å²) in [7, 11) is 2.26. The molecule has 2 nitrogen and oxygen atoms in total. The molecule has 1 aliphatic carbocycles. The summed E-state index contributed by atoms with van der Waals surface area (Å²) in [5, 5.41) is 2.16. The zero-order chi connectivity index (χ0) is 11.4. The monoisotopic (exact) mass is 238 g/mol. The van der Waals surface area contributed by atoms with E-state index >= 15 is 0 Å². The first-order valence-electron chi connectivity index (χ1n) is 6.24. The second-order valence-electron chi connectivity index (χ2n) is 4.88. The molecule has 2 rings (SSSR count). The van der Waals surface area contributed by atoms with Gasteiger partial charge >= 0.3 is 0 Å². The maximum atomic E-state index is 5.93. The predicted molar refractivity (Wildman–Crippen MR) is 70.9 cm³/mol. The van der Waals surface area contributed by atoms with Gasteiger partial charge in [-0.2, -0.15) is 0 Å². The smallest absolute Gasteiger partial charge is 0.00935 e. The molecule has 1 aromatic heterocycles. The minimum Gasteiger partial charge on any atom is -0.328 e. The van der Waals surface area contributed by atoms with E-state index in [-0.39, 0.29) is 0 Å². The van der Waals surface area contributed by atoms with Crippen molar-refractivity contribution in [2.45, 2.75) is 44.2 Å². The number of thiophene rings is 1. The number of rotatable bonds is 4. The van der Waals surface area contributed by atoms with Crippen LogP contribution in [-0.2, 0) is 6.42 Å². The van der Waals surface area contributed by atoms with Crippen LogP contribution in [0.5, 0.6) is 0 Å². The van der Waals surface area contributed by atoms with Crippen LogP contribution in [0.4, 0.5) is 0 Å². The van der Waals surface area contributed by atoms with E-state index in [4.69, 9.17) is 5.73 Å². The first-order valence-corrected chi connectivity index (χ1v) is 7.12. The van der Waals surface area contributed by atoms with E-state index in [2.05, 4.69) is 29.5 Å². The van der Waals surface area contributed by atoms with Gasteiger partial charge in [0.05, 0.1) is 0 Å². The van der Waals surface area contributed by atoms with E-state index in [1.165, 1.54) is 43.5 Å². The summed E-state index contributed by atoms with van der Waals surface area (Å²) in [5.41, 5.74) is 5.93. The molecule has 0 amide bonds. The Morgan fingerprint density at radius 1 is 1.38 bits per heavy atom. The molecule has 0 radical (unpaired) electrons. The summed E-state index contributed by atoms with van der Waals surface area (Å²) in [6, 6.07) is 5.59. The van der Waals surface area contributed by atoms with Crippen molar-refractivity contribution in [1.82, 2.24) is 4.90 Å². The van der Waals surface area contributed by atoms with Crippen LogP contribution in [0.1, 0.15) is 30.6 Å². The lowest BCUT2D eigenvalue weighted by molar-refractivity contribution is 0.185. The molecule has 3 heteroatoms. The van der Waals surface area contributed by atoms with Gasteiger partial charge in [0.25, 0.3) is 0 Å². The normalized spacial score (nSPS) is 26.2. The lowest BCUT2D eigenvalue weighted by atomic mass is 9.91. The van der Waals surface area contributed by atoms with E-state index in [0.29, 0.717) is 6.04 Å². The van der Waals surface area contributed by atoms with Gasteiger partial charge in [0.1, 0.15) is 0 Å². The summed E-state index contributed by atoms with van der Waals surface area (Å²) in [6.07, 6.45) is 6.16. The Balaban J connectivity index is 1.73. The van der Waals surface area contributed by atoms with Crippen molar-refractivity contribution >= 4 is 11.3 Å². The first-order chi connectivity index (χ1) is 7.75. The van der Waals surface area contributed by atoms with E-state index in [1.54, 1.807) is 0 Å².